The highest BCUT2D eigenvalue weighted by Gasteiger charge is 2.10. The maximum absolute atomic E-state index is 6.11. The molecule has 1 heteroatoms. The predicted octanol–water partition coefficient (Wildman–Crippen LogP) is 5.78. The van der Waals surface area contributed by atoms with Crippen molar-refractivity contribution in [1.82, 2.24) is 0 Å². The van der Waals surface area contributed by atoms with E-state index in [0.717, 1.165) is 23.5 Å². The molecule has 0 heterocycles. The maximum Gasteiger partial charge on any atom is 0.134 e. The lowest BCUT2D eigenvalue weighted by Crippen LogP contribution is -2.00. The van der Waals surface area contributed by atoms with Crippen molar-refractivity contribution in [2.45, 2.75) is 34.1 Å². The van der Waals surface area contributed by atoms with Gasteiger partial charge in [-0.15, -0.1) is 0 Å². The number of benzene rings is 2. The molecule has 0 saturated heterocycles. The lowest BCUT2D eigenvalue weighted by Gasteiger charge is -2.15. The Kier molecular flexibility index (Phi) is 5.21. The zero-order valence-corrected chi connectivity index (χ0v) is 13.9. The minimum atomic E-state index is 0.839. The molecule has 114 valence electrons. The first-order valence-electron chi connectivity index (χ1n) is 7.73. The Morgan fingerprint density at radius 1 is 1.05 bits per heavy atom. The zero-order valence-electron chi connectivity index (χ0n) is 13.9. The number of hydrogen-bond donors (Lipinski definition) is 0. The van der Waals surface area contributed by atoms with Crippen LogP contribution in [0.2, 0.25) is 0 Å². The molecule has 0 radical (unpaired) electrons. The van der Waals surface area contributed by atoms with Gasteiger partial charge in [0.2, 0.25) is 0 Å². The van der Waals surface area contributed by atoms with Gasteiger partial charge in [0.05, 0.1) is 0 Å². The van der Waals surface area contributed by atoms with E-state index >= 15 is 0 Å². The van der Waals surface area contributed by atoms with Crippen LogP contribution in [0.15, 0.2) is 55.1 Å². The Bertz CT molecular complexity index is 691. The summed E-state index contributed by atoms with van der Waals surface area (Å²) in [4.78, 5) is 0. The van der Waals surface area contributed by atoms with E-state index in [-0.39, 0.29) is 0 Å². The first-order chi connectivity index (χ1) is 10.5. The van der Waals surface area contributed by atoms with Crippen molar-refractivity contribution in [1.29, 1.82) is 0 Å². The van der Waals surface area contributed by atoms with Crippen molar-refractivity contribution in [2.24, 2.45) is 0 Å². The molecule has 0 N–H and O–H groups in total. The van der Waals surface area contributed by atoms with Gasteiger partial charge in [0.1, 0.15) is 11.5 Å². The Morgan fingerprint density at radius 3 is 2.32 bits per heavy atom. The monoisotopic (exact) mass is 292 g/mol. The fourth-order valence-electron chi connectivity index (χ4n) is 2.56. The summed E-state index contributed by atoms with van der Waals surface area (Å²) in [5.41, 5.74) is 6.25. The van der Waals surface area contributed by atoms with Crippen molar-refractivity contribution < 1.29 is 4.74 Å². The number of hydrogen-bond acceptors (Lipinski definition) is 1. The van der Waals surface area contributed by atoms with Gasteiger partial charge in [0, 0.05) is 5.56 Å². The summed E-state index contributed by atoms with van der Waals surface area (Å²) in [7, 11) is 0. The second-order valence-electron chi connectivity index (χ2n) is 5.63. The Hall–Kier alpha value is -2.28. The second kappa shape index (κ2) is 7.13. The van der Waals surface area contributed by atoms with Crippen LogP contribution in [0, 0.1) is 20.8 Å². The molecule has 0 aliphatic carbocycles. The Labute approximate surface area is 134 Å². The molecule has 0 amide bonds. The minimum Gasteiger partial charge on any atom is -0.457 e. The molecule has 2 aromatic rings. The van der Waals surface area contributed by atoms with E-state index in [4.69, 9.17) is 4.74 Å². The van der Waals surface area contributed by atoms with Crippen LogP contribution in [0.3, 0.4) is 0 Å². The molecule has 2 rings (SSSR count). The van der Waals surface area contributed by atoms with Gasteiger partial charge < -0.3 is 4.74 Å². The SMILES string of the molecule is C=C/C=C(/Oc1ccc(C)cc1)c1cc(CC)c(C)cc1C. The molecule has 0 aromatic heterocycles. The van der Waals surface area contributed by atoms with Crippen molar-refractivity contribution in [2.75, 3.05) is 0 Å². The Balaban J connectivity index is 2.42. The standard InChI is InChI=1S/C21H24O/c1-6-8-21(22-19-11-9-15(3)10-12-19)20-14-18(7-2)16(4)13-17(20)5/h6,8-14H,1,7H2,2-5H3/b21-8+. The topological polar surface area (TPSA) is 9.23 Å². The molecule has 0 atom stereocenters. The quantitative estimate of drug-likeness (QED) is 0.501. The molecule has 0 aliphatic rings. The van der Waals surface area contributed by atoms with E-state index in [1.807, 2.05) is 18.2 Å². The van der Waals surface area contributed by atoms with Crippen LogP contribution < -0.4 is 4.74 Å². The van der Waals surface area contributed by atoms with Crippen LogP contribution in [0.1, 0.15) is 34.7 Å². The maximum atomic E-state index is 6.11. The summed E-state index contributed by atoms with van der Waals surface area (Å²) in [6.45, 7) is 12.3. The summed E-state index contributed by atoms with van der Waals surface area (Å²) in [6, 6.07) is 12.6. The third kappa shape index (κ3) is 3.67. The molecule has 0 unspecified atom stereocenters. The third-order valence-electron chi connectivity index (χ3n) is 3.85. The predicted molar refractivity (Wildman–Crippen MR) is 95.3 cm³/mol. The Morgan fingerprint density at radius 2 is 1.73 bits per heavy atom. The van der Waals surface area contributed by atoms with Crippen LogP contribution in [0.25, 0.3) is 5.76 Å². The largest absolute Gasteiger partial charge is 0.457 e. The molecule has 1 nitrogen and oxygen atoms in total. The fourth-order valence-corrected chi connectivity index (χ4v) is 2.56. The zero-order chi connectivity index (χ0) is 16.1. The van der Waals surface area contributed by atoms with Gasteiger partial charge in [0.15, 0.2) is 0 Å². The van der Waals surface area contributed by atoms with Crippen LogP contribution in [-0.2, 0) is 6.42 Å². The second-order valence-corrected chi connectivity index (χ2v) is 5.63. The average molecular weight is 292 g/mol. The molecule has 0 saturated carbocycles. The van der Waals surface area contributed by atoms with Crippen molar-refractivity contribution in [3.63, 3.8) is 0 Å². The van der Waals surface area contributed by atoms with Gasteiger partial charge in [0.25, 0.3) is 0 Å². The van der Waals surface area contributed by atoms with Crippen molar-refractivity contribution >= 4 is 5.76 Å². The lowest BCUT2D eigenvalue weighted by atomic mass is 9.97. The van der Waals surface area contributed by atoms with E-state index < -0.39 is 0 Å². The van der Waals surface area contributed by atoms with E-state index in [0.29, 0.717) is 0 Å². The van der Waals surface area contributed by atoms with E-state index in [1.54, 1.807) is 6.08 Å². The first-order valence-corrected chi connectivity index (χ1v) is 7.73. The summed E-state index contributed by atoms with van der Waals surface area (Å²) in [6.07, 6.45) is 4.72. The van der Waals surface area contributed by atoms with E-state index in [9.17, 15) is 0 Å². The van der Waals surface area contributed by atoms with Crippen molar-refractivity contribution in [3.05, 3.63) is 82.9 Å². The highest BCUT2D eigenvalue weighted by atomic mass is 16.5. The molecule has 0 aliphatic heterocycles. The molecule has 0 bridgehead atoms. The summed E-state index contributed by atoms with van der Waals surface area (Å²) < 4.78 is 6.11. The van der Waals surface area contributed by atoms with Gasteiger partial charge in [-0.05, 0) is 68.2 Å². The summed E-state index contributed by atoms with van der Waals surface area (Å²) in [5.74, 6) is 1.68. The van der Waals surface area contributed by atoms with E-state index in [1.165, 1.54) is 22.3 Å². The molecular weight excluding hydrogens is 268 g/mol. The molecule has 22 heavy (non-hydrogen) atoms. The van der Waals surface area contributed by atoms with Gasteiger partial charge in [-0.3, -0.25) is 0 Å². The van der Waals surface area contributed by atoms with Gasteiger partial charge >= 0.3 is 0 Å². The number of rotatable bonds is 5. The number of ether oxygens (including phenoxy) is 1. The minimum absolute atomic E-state index is 0.839. The molecule has 0 spiro atoms. The van der Waals surface area contributed by atoms with Crippen LogP contribution in [-0.4, -0.2) is 0 Å². The van der Waals surface area contributed by atoms with Crippen LogP contribution in [0.5, 0.6) is 5.75 Å². The first kappa shape index (κ1) is 16.1. The normalized spacial score (nSPS) is 11.4. The lowest BCUT2D eigenvalue weighted by molar-refractivity contribution is 0.514. The summed E-state index contributed by atoms with van der Waals surface area (Å²) >= 11 is 0. The van der Waals surface area contributed by atoms with Crippen LogP contribution in [0.4, 0.5) is 0 Å². The fraction of sp³-hybridized carbons (Fsp3) is 0.238. The van der Waals surface area contributed by atoms with E-state index in [2.05, 4.69) is 58.5 Å². The van der Waals surface area contributed by atoms with Gasteiger partial charge in [-0.2, -0.15) is 0 Å². The smallest absolute Gasteiger partial charge is 0.134 e. The number of aryl methyl sites for hydroxylation is 4. The van der Waals surface area contributed by atoms with Crippen molar-refractivity contribution in [3.8, 4) is 5.75 Å². The third-order valence-corrected chi connectivity index (χ3v) is 3.85. The molecular formula is C21H24O. The van der Waals surface area contributed by atoms with Crippen LogP contribution >= 0.6 is 0 Å². The summed E-state index contributed by atoms with van der Waals surface area (Å²) in [5, 5.41) is 0. The average Bonchev–Trinajstić information content (AvgIpc) is 2.49. The molecule has 0 fully saturated rings. The molecule has 2 aromatic carbocycles. The number of allylic oxidation sites excluding steroid dienone is 2. The van der Waals surface area contributed by atoms with Gasteiger partial charge in [-0.25, -0.2) is 0 Å². The van der Waals surface area contributed by atoms with Gasteiger partial charge in [-0.1, -0.05) is 43.3 Å². The highest BCUT2D eigenvalue weighted by Crippen LogP contribution is 2.27. The highest BCUT2D eigenvalue weighted by molar-refractivity contribution is 5.67.